The molecule has 0 atom stereocenters. The molecule has 0 saturated carbocycles. The summed E-state index contributed by atoms with van der Waals surface area (Å²) in [6.45, 7) is 17.5. The minimum atomic E-state index is -1.74. The fraction of sp³-hybridized carbons (Fsp3) is 0.529. The molecule has 0 unspecified atom stereocenters. The van der Waals surface area contributed by atoms with Crippen molar-refractivity contribution in [3.63, 3.8) is 0 Å². The van der Waals surface area contributed by atoms with E-state index in [1.165, 1.54) is 33.4 Å². The van der Waals surface area contributed by atoms with Gasteiger partial charge in [-0.05, 0) is 93.7 Å². The summed E-state index contributed by atoms with van der Waals surface area (Å²) >= 11 is 0. The van der Waals surface area contributed by atoms with Crippen LogP contribution in [-0.4, -0.2) is 35.6 Å². The first-order chi connectivity index (χ1) is 10.5. The SMILES string of the molecule is Cc1c(C)c(C)c(C=C(O[Si](C)(C)C)C(O[SiH3])O[SiH3])c(C)c1C. The summed E-state index contributed by atoms with van der Waals surface area (Å²) in [5, 5.41) is 0. The zero-order valence-corrected chi connectivity index (χ0v) is 21.4. The van der Waals surface area contributed by atoms with Crippen molar-refractivity contribution in [1.29, 1.82) is 0 Å². The molecule has 6 heteroatoms. The lowest BCUT2D eigenvalue weighted by Crippen LogP contribution is -2.31. The van der Waals surface area contributed by atoms with Crippen LogP contribution in [-0.2, 0) is 13.3 Å². The Morgan fingerprint density at radius 2 is 1.22 bits per heavy atom. The molecular formula is C17H32O3Si3. The van der Waals surface area contributed by atoms with Crippen LogP contribution in [0.2, 0.25) is 19.6 Å². The van der Waals surface area contributed by atoms with Crippen molar-refractivity contribution >= 4 is 35.4 Å². The molecule has 1 rings (SSSR count). The van der Waals surface area contributed by atoms with Gasteiger partial charge in [0.2, 0.25) is 8.32 Å². The van der Waals surface area contributed by atoms with Crippen LogP contribution in [0.1, 0.15) is 33.4 Å². The highest BCUT2D eigenvalue weighted by atomic mass is 28.4. The number of hydrogen-bond acceptors (Lipinski definition) is 3. The third-order valence-electron chi connectivity index (χ3n) is 4.43. The zero-order valence-electron chi connectivity index (χ0n) is 16.4. The molecule has 0 heterocycles. The van der Waals surface area contributed by atoms with Gasteiger partial charge in [-0.1, -0.05) is 0 Å². The van der Waals surface area contributed by atoms with Crippen LogP contribution < -0.4 is 0 Å². The van der Waals surface area contributed by atoms with Gasteiger partial charge in [0.25, 0.3) is 0 Å². The van der Waals surface area contributed by atoms with Crippen molar-refractivity contribution in [2.75, 3.05) is 0 Å². The molecule has 0 aliphatic carbocycles. The molecule has 0 radical (unpaired) electrons. The monoisotopic (exact) mass is 368 g/mol. The van der Waals surface area contributed by atoms with Gasteiger partial charge in [0.1, 0.15) is 26.7 Å². The quantitative estimate of drug-likeness (QED) is 0.438. The van der Waals surface area contributed by atoms with Crippen LogP contribution >= 0.6 is 0 Å². The first-order valence-electron chi connectivity index (χ1n) is 8.06. The highest BCUT2D eigenvalue weighted by Gasteiger charge is 2.24. The predicted octanol–water partition coefficient (Wildman–Crippen LogP) is 2.34. The van der Waals surface area contributed by atoms with E-state index in [0.717, 1.165) is 5.76 Å². The summed E-state index contributed by atoms with van der Waals surface area (Å²) in [6, 6.07) is 0. The summed E-state index contributed by atoms with van der Waals surface area (Å²) in [6.07, 6.45) is 1.78. The standard InChI is InChI=1S/C17H32O3Si3/c1-10-11(2)13(4)15(14(5)12(10)3)9-16(17(18-21)19-22)20-23(6,7)8/h9,17H,1-8,21-22H3. The van der Waals surface area contributed by atoms with Crippen LogP contribution in [0.3, 0.4) is 0 Å². The Kier molecular flexibility index (Phi) is 7.03. The van der Waals surface area contributed by atoms with Gasteiger partial charge in [0.15, 0.2) is 6.29 Å². The molecule has 0 amide bonds. The molecule has 3 nitrogen and oxygen atoms in total. The predicted molar refractivity (Wildman–Crippen MR) is 108 cm³/mol. The van der Waals surface area contributed by atoms with Crippen molar-refractivity contribution in [1.82, 2.24) is 0 Å². The molecule has 130 valence electrons. The highest BCUT2D eigenvalue weighted by molar-refractivity contribution is 6.70. The number of benzene rings is 1. The fourth-order valence-corrected chi connectivity index (χ4v) is 4.81. The van der Waals surface area contributed by atoms with Crippen molar-refractivity contribution in [3.05, 3.63) is 39.1 Å². The lowest BCUT2D eigenvalue weighted by Gasteiger charge is -2.27. The van der Waals surface area contributed by atoms with E-state index >= 15 is 0 Å². The maximum absolute atomic E-state index is 6.30. The number of hydrogen-bond donors (Lipinski definition) is 0. The van der Waals surface area contributed by atoms with Crippen LogP contribution in [0.25, 0.3) is 6.08 Å². The molecule has 1 aromatic rings. The Hall–Kier alpha value is -0.669. The van der Waals surface area contributed by atoms with Crippen LogP contribution in [0, 0.1) is 34.6 Å². The van der Waals surface area contributed by atoms with E-state index < -0.39 is 8.32 Å². The van der Waals surface area contributed by atoms with E-state index in [1.807, 2.05) is 0 Å². The Bertz CT molecular complexity index is 571. The molecule has 0 aliphatic heterocycles. The largest absolute Gasteiger partial charge is 0.544 e. The molecule has 0 spiro atoms. The second-order valence-corrected chi connectivity index (χ2v) is 12.5. The van der Waals surface area contributed by atoms with Gasteiger partial charge in [-0.15, -0.1) is 0 Å². The average Bonchev–Trinajstić information content (AvgIpc) is 2.47. The van der Waals surface area contributed by atoms with Gasteiger partial charge in [-0.2, -0.15) is 0 Å². The molecule has 23 heavy (non-hydrogen) atoms. The second kappa shape index (κ2) is 7.94. The first-order valence-corrected chi connectivity index (χ1v) is 13.1. The van der Waals surface area contributed by atoms with Crippen molar-refractivity contribution < 1.29 is 13.3 Å². The Morgan fingerprint density at radius 3 is 1.57 bits per heavy atom. The summed E-state index contributed by atoms with van der Waals surface area (Å²) in [5.41, 5.74) is 7.93. The van der Waals surface area contributed by atoms with Crippen LogP contribution in [0.5, 0.6) is 0 Å². The number of rotatable bonds is 6. The van der Waals surface area contributed by atoms with Gasteiger partial charge in [-0.3, -0.25) is 0 Å². The maximum Gasteiger partial charge on any atom is 0.242 e. The van der Waals surface area contributed by atoms with E-state index in [1.54, 1.807) is 0 Å². The van der Waals surface area contributed by atoms with Crippen LogP contribution in [0.4, 0.5) is 0 Å². The average molecular weight is 369 g/mol. The molecular weight excluding hydrogens is 336 g/mol. The lowest BCUT2D eigenvalue weighted by atomic mass is 9.89. The summed E-state index contributed by atoms with van der Waals surface area (Å²) < 4.78 is 17.5. The summed E-state index contributed by atoms with van der Waals surface area (Å²) in [4.78, 5) is 0. The molecule has 0 aliphatic rings. The van der Waals surface area contributed by atoms with Crippen molar-refractivity contribution in [2.24, 2.45) is 0 Å². The first kappa shape index (κ1) is 20.4. The topological polar surface area (TPSA) is 27.7 Å². The molecule has 0 fully saturated rings. The highest BCUT2D eigenvalue weighted by Crippen LogP contribution is 2.29. The van der Waals surface area contributed by atoms with Gasteiger partial charge in [0.05, 0.1) is 0 Å². The zero-order chi connectivity index (χ0) is 17.9. The fourth-order valence-electron chi connectivity index (χ4n) is 2.72. The minimum absolute atomic E-state index is 0.360. The molecule has 0 bridgehead atoms. The van der Waals surface area contributed by atoms with E-state index in [2.05, 4.69) is 60.3 Å². The second-order valence-electron chi connectivity index (χ2n) is 7.10. The lowest BCUT2D eigenvalue weighted by molar-refractivity contribution is 0.0228. The molecule has 1 aromatic carbocycles. The minimum Gasteiger partial charge on any atom is -0.544 e. The van der Waals surface area contributed by atoms with Crippen molar-refractivity contribution in [3.8, 4) is 0 Å². The molecule has 0 aromatic heterocycles. The molecule has 0 saturated heterocycles. The van der Waals surface area contributed by atoms with E-state index in [-0.39, 0.29) is 6.29 Å². The third-order valence-corrected chi connectivity index (χ3v) is 6.13. The summed E-state index contributed by atoms with van der Waals surface area (Å²) in [7, 11) is -0.497. The maximum atomic E-state index is 6.30. The summed E-state index contributed by atoms with van der Waals surface area (Å²) in [5.74, 6) is 0.822. The Morgan fingerprint density at radius 1 is 0.826 bits per heavy atom. The van der Waals surface area contributed by atoms with E-state index in [0.29, 0.717) is 21.0 Å². The Balaban J connectivity index is 3.54. The normalized spacial score (nSPS) is 14.3. The van der Waals surface area contributed by atoms with Gasteiger partial charge < -0.3 is 13.3 Å². The smallest absolute Gasteiger partial charge is 0.242 e. The van der Waals surface area contributed by atoms with E-state index in [9.17, 15) is 0 Å². The van der Waals surface area contributed by atoms with Gasteiger partial charge in [0, 0.05) is 0 Å². The molecule has 0 N–H and O–H groups in total. The Labute approximate surface area is 148 Å². The van der Waals surface area contributed by atoms with E-state index in [4.69, 9.17) is 13.3 Å². The van der Waals surface area contributed by atoms with Gasteiger partial charge in [-0.25, -0.2) is 0 Å². The third kappa shape index (κ3) is 4.90. The van der Waals surface area contributed by atoms with Crippen LogP contribution in [0.15, 0.2) is 5.76 Å². The van der Waals surface area contributed by atoms with Gasteiger partial charge >= 0.3 is 0 Å². The van der Waals surface area contributed by atoms with Crippen molar-refractivity contribution in [2.45, 2.75) is 60.5 Å².